The summed E-state index contributed by atoms with van der Waals surface area (Å²) < 4.78 is 5.15. The van der Waals surface area contributed by atoms with Crippen molar-refractivity contribution in [1.29, 1.82) is 0 Å². The van der Waals surface area contributed by atoms with Gasteiger partial charge in [0.2, 0.25) is 5.91 Å². The average molecular weight is 501 g/mol. The number of hydrogen-bond donors (Lipinski definition) is 0. The van der Waals surface area contributed by atoms with Crippen LogP contribution < -0.4 is 4.90 Å². The summed E-state index contributed by atoms with van der Waals surface area (Å²) in [5.41, 5.74) is 2.86. The third-order valence-electron chi connectivity index (χ3n) is 6.44. The molecule has 3 rings (SSSR count). The largest absolute Gasteiger partial charge is 0.375 e. The molecule has 0 unspecified atom stereocenters. The Balaban J connectivity index is 1.84. The molecule has 1 aliphatic rings. The lowest BCUT2D eigenvalue weighted by Gasteiger charge is -2.30. The van der Waals surface area contributed by atoms with Crippen molar-refractivity contribution in [3.05, 3.63) is 58.9 Å². The lowest BCUT2D eigenvalue weighted by molar-refractivity contribution is -0.132. The highest BCUT2D eigenvalue weighted by molar-refractivity contribution is 6.31. The number of nitrogens with zero attached hydrogens (tertiary/aromatic N) is 4. The standard InChI is InChI=1S/C27H37ClN4O3/c1-21(2)30-14-5-15-32(27(34)20-35-3)25-18-24(28)9-8-23(25)19-31(17-16-30)26(33)7-4-6-22-10-12-29-13-11-22/h8-13,18,21H,4-7,14-17,19-20H2,1-3H3. The van der Waals surface area contributed by atoms with Gasteiger partial charge in [-0.3, -0.25) is 19.5 Å². The molecular weight excluding hydrogens is 464 g/mol. The van der Waals surface area contributed by atoms with Crippen molar-refractivity contribution >= 4 is 29.1 Å². The molecule has 1 aromatic carbocycles. The second kappa shape index (κ2) is 13.6. The molecule has 190 valence electrons. The van der Waals surface area contributed by atoms with Crippen LogP contribution in [0, 0.1) is 0 Å². The number of fused-ring (bicyclic) bond motifs is 1. The first-order valence-electron chi connectivity index (χ1n) is 12.4. The van der Waals surface area contributed by atoms with Crippen molar-refractivity contribution in [2.75, 3.05) is 44.8 Å². The van der Waals surface area contributed by atoms with Crippen molar-refractivity contribution < 1.29 is 14.3 Å². The summed E-state index contributed by atoms with van der Waals surface area (Å²) in [6, 6.07) is 9.91. The maximum absolute atomic E-state index is 13.4. The third kappa shape index (κ3) is 8.02. The van der Waals surface area contributed by atoms with Crippen molar-refractivity contribution in [3.63, 3.8) is 0 Å². The van der Waals surface area contributed by atoms with Gasteiger partial charge in [-0.1, -0.05) is 17.7 Å². The van der Waals surface area contributed by atoms with Crippen LogP contribution >= 0.6 is 11.6 Å². The molecule has 2 amide bonds. The number of amides is 2. The number of methoxy groups -OCH3 is 1. The zero-order chi connectivity index (χ0) is 25.2. The predicted octanol–water partition coefficient (Wildman–Crippen LogP) is 4.18. The number of benzene rings is 1. The number of carbonyl (C=O) groups is 2. The van der Waals surface area contributed by atoms with E-state index in [1.165, 1.54) is 12.7 Å². The zero-order valence-corrected chi connectivity index (χ0v) is 21.8. The molecular formula is C27H37ClN4O3. The molecule has 35 heavy (non-hydrogen) atoms. The maximum Gasteiger partial charge on any atom is 0.252 e. The smallest absolute Gasteiger partial charge is 0.252 e. The Hall–Kier alpha value is -2.48. The minimum Gasteiger partial charge on any atom is -0.375 e. The summed E-state index contributed by atoms with van der Waals surface area (Å²) in [6.45, 7) is 7.61. The fourth-order valence-electron chi connectivity index (χ4n) is 4.46. The van der Waals surface area contributed by atoms with E-state index >= 15 is 0 Å². The maximum atomic E-state index is 13.4. The Bertz CT molecular complexity index is 970. The Labute approximate surface area is 214 Å². The lowest BCUT2D eigenvalue weighted by atomic mass is 10.1. The number of aryl methyl sites for hydroxylation is 1. The minimum absolute atomic E-state index is 0.00248. The van der Waals surface area contributed by atoms with E-state index in [1.807, 2.05) is 35.2 Å². The topological polar surface area (TPSA) is 66.0 Å². The quantitative estimate of drug-likeness (QED) is 0.570. The minimum atomic E-state index is -0.110. The normalized spacial score (nSPS) is 15.6. The zero-order valence-electron chi connectivity index (χ0n) is 21.1. The molecule has 1 aliphatic heterocycles. The Morgan fingerprint density at radius 1 is 1.06 bits per heavy atom. The summed E-state index contributed by atoms with van der Waals surface area (Å²) in [5, 5.41) is 0.563. The average Bonchev–Trinajstić information content (AvgIpc) is 2.87. The van der Waals surface area contributed by atoms with Gasteiger partial charge in [0.15, 0.2) is 0 Å². The first-order valence-corrected chi connectivity index (χ1v) is 12.7. The van der Waals surface area contributed by atoms with E-state index in [1.54, 1.807) is 17.3 Å². The molecule has 0 bridgehead atoms. The highest BCUT2D eigenvalue weighted by Crippen LogP contribution is 2.28. The Morgan fingerprint density at radius 3 is 2.54 bits per heavy atom. The van der Waals surface area contributed by atoms with E-state index in [4.69, 9.17) is 16.3 Å². The molecule has 7 nitrogen and oxygen atoms in total. The molecule has 8 heteroatoms. The molecule has 0 radical (unpaired) electrons. The van der Waals surface area contributed by atoms with Gasteiger partial charge in [0.1, 0.15) is 6.61 Å². The van der Waals surface area contributed by atoms with Crippen LogP contribution in [0.1, 0.15) is 44.2 Å². The molecule has 0 saturated heterocycles. The monoisotopic (exact) mass is 500 g/mol. The van der Waals surface area contributed by atoms with Crippen molar-refractivity contribution in [2.24, 2.45) is 0 Å². The van der Waals surface area contributed by atoms with Crippen LogP contribution in [0.2, 0.25) is 5.02 Å². The Kier molecular flexibility index (Phi) is 10.5. The molecule has 0 atom stereocenters. The highest BCUT2D eigenvalue weighted by Gasteiger charge is 2.24. The van der Waals surface area contributed by atoms with E-state index in [0.717, 1.165) is 43.6 Å². The third-order valence-corrected chi connectivity index (χ3v) is 6.68. The van der Waals surface area contributed by atoms with Gasteiger partial charge in [-0.25, -0.2) is 0 Å². The van der Waals surface area contributed by atoms with E-state index in [-0.39, 0.29) is 18.4 Å². The van der Waals surface area contributed by atoms with Gasteiger partial charge in [-0.05, 0) is 68.5 Å². The summed E-state index contributed by atoms with van der Waals surface area (Å²) in [6.07, 6.45) is 6.47. The van der Waals surface area contributed by atoms with Gasteiger partial charge in [-0.2, -0.15) is 0 Å². The van der Waals surface area contributed by atoms with Crippen LogP contribution in [0.5, 0.6) is 0 Å². The highest BCUT2D eigenvalue weighted by atomic mass is 35.5. The van der Waals surface area contributed by atoms with Gasteiger partial charge < -0.3 is 14.5 Å². The van der Waals surface area contributed by atoms with Crippen molar-refractivity contribution in [2.45, 2.75) is 52.1 Å². The number of hydrogen-bond acceptors (Lipinski definition) is 5. The van der Waals surface area contributed by atoms with Crippen LogP contribution in [0.15, 0.2) is 42.7 Å². The van der Waals surface area contributed by atoms with E-state index in [0.29, 0.717) is 37.1 Å². The molecule has 0 fully saturated rings. The molecule has 0 spiro atoms. The van der Waals surface area contributed by atoms with E-state index in [9.17, 15) is 9.59 Å². The summed E-state index contributed by atoms with van der Waals surface area (Å²) in [7, 11) is 1.52. The van der Waals surface area contributed by atoms with Crippen LogP contribution in [-0.2, 0) is 27.3 Å². The second-order valence-corrected chi connectivity index (χ2v) is 9.70. The first kappa shape index (κ1) is 27.1. The number of halogens is 1. The molecule has 0 aliphatic carbocycles. The summed E-state index contributed by atoms with van der Waals surface area (Å²) in [4.78, 5) is 36.5. The molecule has 0 saturated carbocycles. The number of pyridine rings is 1. The van der Waals surface area contributed by atoms with Crippen LogP contribution in [0.25, 0.3) is 0 Å². The summed E-state index contributed by atoms with van der Waals surface area (Å²) >= 11 is 6.35. The fraction of sp³-hybridized carbons (Fsp3) is 0.519. The van der Waals surface area contributed by atoms with E-state index < -0.39 is 0 Å². The van der Waals surface area contributed by atoms with Gasteiger partial charge in [0, 0.05) is 69.7 Å². The van der Waals surface area contributed by atoms with E-state index in [2.05, 4.69) is 23.7 Å². The number of rotatable bonds is 7. The van der Waals surface area contributed by atoms with Crippen LogP contribution in [0.3, 0.4) is 0 Å². The van der Waals surface area contributed by atoms with Gasteiger partial charge in [0.05, 0.1) is 5.69 Å². The first-order chi connectivity index (χ1) is 16.9. The number of aromatic nitrogens is 1. The summed E-state index contributed by atoms with van der Waals surface area (Å²) in [5.74, 6) is 0.0132. The lowest BCUT2D eigenvalue weighted by Crippen LogP contribution is -2.41. The van der Waals surface area contributed by atoms with Gasteiger partial charge >= 0.3 is 0 Å². The number of anilines is 1. The van der Waals surface area contributed by atoms with Crippen molar-refractivity contribution in [1.82, 2.24) is 14.8 Å². The Morgan fingerprint density at radius 2 is 1.83 bits per heavy atom. The van der Waals surface area contributed by atoms with Gasteiger partial charge in [-0.15, -0.1) is 0 Å². The van der Waals surface area contributed by atoms with Gasteiger partial charge in [0.25, 0.3) is 5.91 Å². The fourth-order valence-corrected chi connectivity index (χ4v) is 4.63. The van der Waals surface area contributed by atoms with Crippen LogP contribution in [0.4, 0.5) is 5.69 Å². The van der Waals surface area contributed by atoms with Crippen molar-refractivity contribution in [3.8, 4) is 0 Å². The molecule has 2 heterocycles. The predicted molar refractivity (Wildman–Crippen MR) is 140 cm³/mol. The molecule has 0 N–H and O–H groups in total. The van der Waals surface area contributed by atoms with Crippen LogP contribution in [-0.4, -0.2) is 72.5 Å². The second-order valence-electron chi connectivity index (χ2n) is 9.26. The SMILES string of the molecule is COCC(=O)N1CCCN(C(C)C)CCN(C(=O)CCCc2ccncc2)Cc2ccc(Cl)cc21. The molecule has 1 aromatic heterocycles. The number of ether oxygens (including phenoxy) is 1. The number of carbonyl (C=O) groups excluding carboxylic acids is 2. The molecule has 2 aromatic rings.